The summed E-state index contributed by atoms with van der Waals surface area (Å²) in [6.07, 6.45) is 2.04. The van der Waals surface area contributed by atoms with Gasteiger partial charge in [0.05, 0.1) is 5.56 Å². The number of aryl methyl sites for hydroxylation is 1. The molecule has 0 aliphatic carbocycles. The second-order valence-corrected chi connectivity index (χ2v) is 7.60. The normalized spacial score (nSPS) is 10.8. The van der Waals surface area contributed by atoms with E-state index < -0.39 is 5.60 Å². The van der Waals surface area contributed by atoms with Gasteiger partial charge in [-0.15, -0.1) is 0 Å². The van der Waals surface area contributed by atoms with Crippen molar-refractivity contribution in [1.82, 2.24) is 0 Å². The van der Waals surface area contributed by atoms with E-state index in [4.69, 9.17) is 4.74 Å². The summed E-state index contributed by atoms with van der Waals surface area (Å²) >= 11 is 0. The Balaban J connectivity index is 0.000000324. The van der Waals surface area contributed by atoms with Crippen molar-refractivity contribution in [3.8, 4) is 0 Å². The highest BCUT2D eigenvalue weighted by atomic mass is 16.6. The van der Waals surface area contributed by atoms with Crippen LogP contribution in [0.5, 0.6) is 0 Å². The first kappa shape index (κ1) is 21.0. The smallest absolute Gasteiger partial charge is 0.338 e. The molecule has 2 aromatic rings. The highest BCUT2D eigenvalue weighted by Crippen LogP contribution is 2.18. The predicted molar refractivity (Wildman–Crippen MR) is 106 cm³/mol. The molecule has 2 nitrogen and oxygen atoms in total. The fourth-order valence-electron chi connectivity index (χ4n) is 2.38. The van der Waals surface area contributed by atoms with Crippen molar-refractivity contribution in [2.45, 2.75) is 60.0 Å². The van der Waals surface area contributed by atoms with Crippen LogP contribution in [0.15, 0.2) is 54.6 Å². The average Bonchev–Trinajstić information content (AvgIpc) is 2.54. The zero-order chi connectivity index (χ0) is 18.9. The fourth-order valence-corrected chi connectivity index (χ4v) is 2.38. The Labute approximate surface area is 153 Å². The summed E-state index contributed by atoms with van der Waals surface area (Å²) in [6.45, 7) is 12.1. The highest BCUT2D eigenvalue weighted by molar-refractivity contribution is 5.91. The Hall–Kier alpha value is -2.09. The summed E-state index contributed by atoms with van der Waals surface area (Å²) in [5.41, 5.74) is 2.72. The minimum Gasteiger partial charge on any atom is -0.456 e. The van der Waals surface area contributed by atoms with E-state index in [0.717, 1.165) is 18.4 Å². The molecular formula is C23H32O2. The van der Waals surface area contributed by atoms with Crippen molar-refractivity contribution < 1.29 is 9.53 Å². The number of ether oxygens (including phenoxy) is 1. The fraction of sp³-hybridized carbons (Fsp3) is 0.435. The molecule has 136 valence electrons. The van der Waals surface area contributed by atoms with Gasteiger partial charge in [-0.05, 0) is 56.7 Å². The lowest BCUT2D eigenvalue weighted by molar-refractivity contribution is 0.00682. The molecule has 0 aromatic heterocycles. The monoisotopic (exact) mass is 340 g/mol. The van der Waals surface area contributed by atoms with Crippen LogP contribution in [0.3, 0.4) is 0 Å². The van der Waals surface area contributed by atoms with Crippen LogP contribution >= 0.6 is 0 Å². The molecule has 0 radical (unpaired) electrons. The average molecular weight is 341 g/mol. The first-order chi connectivity index (χ1) is 11.7. The Morgan fingerprint density at radius 1 is 0.960 bits per heavy atom. The van der Waals surface area contributed by atoms with Crippen LogP contribution in [0, 0.1) is 5.92 Å². The van der Waals surface area contributed by atoms with Crippen molar-refractivity contribution in [3.63, 3.8) is 0 Å². The molecule has 0 heterocycles. The quantitative estimate of drug-likeness (QED) is 0.630. The van der Waals surface area contributed by atoms with Crippen LogP contribution in [0.1, 0.15) is 63.0 Å². The third-order valence-electron chi connectivity index (χ3n) is 3.52. The van der Waals surface area contributed by atoms with Crippen molar-refractivity contribution in [1.29, 1.82) is 0 Å². The van der Waals surface area contributed by atoms with Gasteiger partial charge >= 0.3 is 5.97 Å². The second-order valence-electron chi connectivity index (χ2n) is 7.60. The van der Waals surface area contributed by atoms with Crippen LogP contribution in [0.25, 0.3) is 0 Å². The minimum absolute atomic E-state index is 0.228. The number of carbonyl (C=O) groups excluding carboxylic acids is 1. The highest BCUT2D eigenvalue weighted by Gasteiger charge is 2.20. The van der Waals surface area contributed by atoms with Gasteiger partial charge in [0.25, 0.3) is 0 Å². The summed E-state index contributed by atoms with van der Waals surface area (Å²) in [5.74, 6) is 0.298. The number of benzene rings is 2. The molecule has 0 saturated heterocycles. The predicted octanol–water partition coefficient (Wildman–Crippen LogP) is 6.09. The molecule has 2 aromatic carbocycles. The Morgan fingerprint density at radius 2 is 1.52 bits per heavy atom. The third-order valence-corrected chi connectivity index (χ3v) is 3.52. The number of hydrogen-bond donors (Lipinski definition) is 0. The largest absolute Gasteiger partial charge is 0.456 e. The van der Waals surface area contributed by atoms with Gasteiger partial charge in [0.2, 0.25) is 0 Å². The first-order valence-corrected chi connectivity index (χ1v) is 9.08. The summed E-state index contributed by atoms with van der Waals surface area (Å²) < 4.78 is 5.41. The van der Waals surface area contributed by atoms with Gasteiger partial charge in [-0.2, -0.15) is 0 Å². The summed E-state index contributed by atoms with van der Waals surface area (Å²) in [7, 11) is 0. The number of esters is 1. The summed E-state index contributed by atoms with van der Waals surface area (Å²) in [6, 6.07) is 18.1. The minimum atomic E-state index is -0.442. The molecule has 2 heteroatoms. The molecular weight excluding hydrogens is 308 g/mol. The lowest BCUT2D eigenvalue weighted by Crippen LogP contribution is -2.24. The van der Waals surface area contributed by atoms with Crippen LogP contribution in [-0.2, 0) is 17.6 Å². The zero-order valence-electron chi connectivity index (χ0n) is 16.5. The zero-order valence-corrected chi connectivity index (χ0v) is 16.5. The maximum Gasteiger partial charge on any atom is 0.338 e. The molecule has 2 rings (SSSR count). The molecule has 0 fully saturated rings. The van der Waals surface area contributed by atoms with Gasteiger partial charge in [0.1, 0.15) is 5.60 Å². The Kier molecular flexibility index (Phi) is 8.40. The molecule has 0 N–H and O–H groups in total. The van der Waals surface area contributed by atoms with Crippen LogP contribution in [-0.4, -0.2) is 11.6 Å². The standard InChI is InChI=1S/C15H22O2.C8H10/c1-11(2)10-12-8-6-7-9-13(12)14(16)17-15(3,4)5;1-2-8-6-4-3-5-7-8/h6-9,11H,10H2,1-5H3;3-7H,2H2,1H3. The van der Waals surface area contributed by atoms with E-state index in [2.05, 4.69) is 45.0 Å². The molecule has 0 bridgehead atoms. The van der Waals surface area contributed by atoms with Crippen LogP contribution < -0.4 is 0 Å². The van der Waals surface area contributed by atoms with Crippen LogP contribution in [0.2, 0.25) is 0 Å². The molecule has 0 saturated carbocycles. The van der Waals surface area contributed by atoms with Crippen LogP contribution in [0.4, 0.5) is 0 Å². The van der Waals surface area contributed by atoms with Gasteiger partial charge < -0.3 is 4.74 Å². The number of hydrogen-bond acceptors (Lipinski definition) is 2. The molecule has 0 unspecified atom stereocenters. The van der Waals surface area contributed by atoms with Gasteiger partial charge in [-0.1, -0.05) is 69.3 Å². The Bertz CT molecular complexity index is 637. The topological polar surface area (TPSA) is 26.3 Å². The maximum atomic E-state index is 12.0. The van der Waals surface area contributed by atoms with Gasteiger partial charge in [0, 0.05) is 0 Å². The molecule has 0 spiro atoms. The summed E-state index contributed by atoms with van der Waals surface area (Å²) in [4.78, 5) is 12.0. The molecule has 25 heavy (non-hydrogen) atoms. The summed E-state index contributed by atoms with van der Waals surface area (Å²) in [5, 5.41) is 0. The number of carbonyl (C=O) groups is 1. The lowest BCUT2D eigenvalue weighted by Gasteiger charge is -2.20. The molecule has 0 atom stereocenters. The van der Waals surface area contributed by atoms with E-state index in [-0.39, 0.29) is 5.97 Å². The SMILES string of the molecule is CC(C)Cc1ccccc1C(=O)OC(C)(C)C.CCc1ccccc1. The maximum absolute atomic E-state index is 12.0. The van der Waals surface area contributed by atoms with E-state index in [1.807, 2.05) is 51.1 Å². The van der Waals surface area contributed by atoms with Gasteiger partial charge in [0.15, 0.2) is 0 Å². The van der Waals surface area contributed by atoms with Crippen molar-refractivity contribution in [3.05, 3.63) is 71.3 Å². The Morgan fingerprint density at radius 3 is 2.00 bits per heavy atom. The molecule has 0 aliphatic heterocycles. The van der Waals surface area contributed by atoms with Gasteiger partial charge in [-0.3, -0.25) is 0 Å². The molecule has 0 amide bonds. The van der Waals surface area contributed by atoms with E-state index >= 15 is 0 Å². The third kappa shape index (κ3) is 8.53. The van der Waals surface area contributed by atoms with E-state index in [0.29, 0.717) is 11.5 Å². The second kappa shape index (κ2) is 10.0. The van der Waals surface area contributed by atoms with Gasteiger partial charge in [-0.25, -0.2) is 4.79 Å². The first-order valence-electron chi connectivity index (χ1n) is 9.08. The van der Waals surface area contributed by atoms with Crippen molar-refractivity contribution in [2.24, 2.45) is 5.92 Å². The van der Waals surface area contributed by atoms with Crippen molar-refractivity contribution >= 4 is 5.97 Å². The van der Waals surface area contributed by atoms with E-state index in [9.17, 15) is 4.79 Å². The number of rotatable bonds is 4. The lowest BCUT2D eigenvalue weighted by atomic mass is 9.98. The van der Waals surface area contributed by atoms with E-state index in [1.165, 1.54) is 5.56 Å². The van der Waals surface area contributed by atoms with E-state index in [1.54, 1.807) is 0 Å². The van der Waals surface area contributed by atoms with Crippen molar-refractivity contribution in [2.75, 3.05) is 0 Å². The molecule has 0 aliphatic rings.